The van der Waals surface area contributed by atoms with E-state index in [2.05, 4.69) is 50.5 Å². The van der Waals surface area contributed by atoms with Crippen LogP contribution >= 0.6 is 22.9 Å². The highest BCUT2D eigenvalue weighted by molar-refractivity contribution is 14.1. The summed E-state index contributed by atoms with van der Waals surface area (Å²) in [6, 6.07) is 0.575. The van der Waals surface area contributed by atoms with E-state index in [1.807, 2.05) is 0 Å². The minimum absolute atomic E-state index is 0.0921. The van der Waals surface area contributed by atoms with Gasteiger partial charge in [-0.3, -0.25) is 3.53 Å². The molecule has 1 saturated carbocycles. The fourth-order valence-corrected chi connectivity index (χ4v) is 2.96. The van der Waals surface area contributed by atoms with Crippen molar-refractivity contribution >= 4 is 29.0 Å². The quantitative estimate of drug-likeness (QED) is 0.523. The molecule has 1 aliphatic rings. The molecule has 0 atom stereocenters. The fourth-order valence-electron chi connectivity index (χ4n) is 2.34. The van der Waals surface area contributed by atoms with Gasteiger partial charge in [0, 0.05) is 42.0 Å². The van der Waals surface area contributed by atoms with E-state index < -0.39 is 0 Å². The van der Waals surface area contributed by atoms with Crippen LogP contribution in [0, 0.1) is 0 Å². The lowest BCUT2D eigenvalue weighted by Crippen LogP contribution is -2.38. The minimum Gasteiger partial charge on any atom is -0.446 e. The number of nitrogens with one attached hydrogen (secondary N) is 2. The van der Waals surface area contributed by atoms with E-state index in [4.69, 9.17) is 4.74 Å². The van der Waals surface area contributed by atoms with Gasteiger partial charge in [0.1, 0.15) is 6.10 Å². The van der Waals surface area contributed by atoms with E-state index in [0.29, 0.717) is 12.6 Å². The highest BCUT2D eigenvalue weighted by Gasteiger charge is 2.23. The van der Waals surface area contributed by atoms with Gasteiger partial charge in [-0.1, -0.05) is 13.8 Å². The molecule has 0 spiro atoms. The summed E-state index contributed by atoms with van der Waals surface area (Å²) in [4.78, 5) is 13.9. The van der Waals surface area contributed by atoms with Crippen molar-refractivity contribution in [3.05, 3.63) is 0 Å². The van der Waals surface area contributed by atoms with Crippen molar-refractivity contribution in [3.63, 3.8) is 0 Å². The van der Waals surface area contributed by atoms with Crippen molar-refractivity contribution < 1.29 is 9.53 Å². The number of rotatable bonds is 7. The van der Waals surface area contributed by atoms with E-state index >= 15 is 0 Å². The van der Waals surface area contributed by atoms with Gasteiger partial charge in [-0.05, 0) is 38.8 Å². The van der Waals surface area contributed by atoms with E-state index in [9.17, 15) is 4.79 Å². The normalized spacial score (nSPS) is 23.4. The molecule has 1 fully saturated rings. The van der Waals surface area contributed by atoms with Crippen molar-refractivity contribution in [2.45, 2.75) is 51.7 Å². The van der Waals surface area contributed by atoms with Crippen LogP contribution in [0.4, 0.5) is 4.79 Å². The second-order valence-electron chi connectivity index (χ2n) is 4.94. The summed E-state index contributed by atoms with van der Waals surface area (Å²) in [6.07, 6.45) is 3.92. The number of ether oxygens (including phenoxy) is 1. The number of hydrogen-bond donors (Lipinski definition) is 2. The van der Waals surface area contributed by atoms with Crippen LogP contribution in [-0.2, 0) is 4.74 Å². The van der Waals surface area contributed by atoms with Crippen LogP contribution in [0.5, 0.6) is 0 Å². The molecule has 1 amide bonds. The Balaban J connectivity index is 2.11. The number of carbonyl (C=O) groups is 1. The van der Waals surface area contributed by atoms with Crippen molar-refractivity contribution in [3.8, 4) is 0 Å². The fraction of sp³-hybridized carbons (Fsp3) is 0.923. The van der Waals surface area contributed by atoms with Gasteiger partial charge in [-0.15, -0.1) is 0 Å². The highest BCUT2D eigenvalue weighted by Crippen LogP contribution is 2.21. The first-order valence-electron chi connectivity index (χ1n) is 7.22. The number of carbonyl (C=O) groups excluding carboxylic acids is 1. The molecule has 0 aromatic heterocycles. The molecular weight excluding hydrogens is 357 g/mol. The first-order chi connectivity index (χ1) is 9.19. The van der Waals surface area contributed by atoms with E-state index in [1.165, 1.54) is 0 Å². The summed E-state index contributed by atoms with van der Waals surface area (Å²) in [5.41, 5.74) is 0. The van der Waals surface area contributed by atoms with Gasteiger partial charge in [0.05, 0.1) is 0 Å². The summed E-state index contributed by atoms with van der Waals surface area (Å²) in [7, 11) is 0. The molecule has 1 rings (SSSR count). The SMILES string of the molecule is CCN(CC)CCNC(=O)O[C@H]1CC[C@H](NI)CC1. The summed E-state index contributed by atoms with van der Waals surface area (Å²) in [5.74, 6) is 0. The van der Waals surface area contributed by atoms with Crippen LogP contribution in [-0.4, -0.2) is 49.3 Å². The maximum Gasteiger partial charge on any atom is 0.407 e. The van der Waals surface area contributed by atoms with Gasteiger partial charge in [-0.25, -0.2) is 4.79 Å². The number of amides is 1. The van der Waals surface area contributed by atoms with Crippen molar-refractivity contribution in [1.82, 2.24) is 13.7 Å². The minimum atomic E-state index is -0.266. The molecule has 0 aromatic rings. The third kappa shape index (κ3) is 6.76. The molecule has 0 aliphatic heterocycles. The molecule has 0 bridgehead atoms. The average Bonchev–Trinajstić information content (AvgIpc) is 2.44. The molecule has 1 aliphatic carbocycles. The zero-order chi connectivity index (χ0) is 14.1. The van der Waals surface area contributed by atoms with Gasteiger partial charge < -0.3 is 15.0 Å². The summed E-state index contributed by atoms with van der Waals surface area (Å²) in [6.45, 7) is 7.82. The molecule has 0 heterocycles. The molecule has 5 nitrogen and oxygen atoms in total. The maximum absolute atomic E-state index is 11.7. The number of likely N-dealkylation sites (N-methyl/N-ethyl adjacent to an activating group) is 1. The second kappa shape index (κ2) is 9.77. The van der Waals surface area contributed by atoms with Crippen LogP contribution in [0.1, 0.15) is 39.5 Å². The first kappa shape index (κ1) is 17.0. The average molecular weight is 383 g/mol. The molecule has 19 heavy (non-hydrogen) atoms. The number of halogens is 1. The van der Waals surface area contributed by atoms with Gasteiger partial charge in [0.15, 0.2) is 0 Å². The van der Waals surface area contributed by atoms with Gasteiger partial charge in [-0.2, -0.15) is 0 Å². The molecule has 0 aromatic carbocycles. The van der Waals surface area contributed by atoms with Gasteiger partial charge in [0.2, 0.25) is 0 Å². The third-order valence-corrected chi connectivity index (χ3v) is 4.57. The Morgan fingerprint density at radius 3 is 2.42 bits per heavy atom. The Kier molecular flexibility index (Phi) is 8.72. The Bertz CT molecular complexity index is 254. The molecule has 112 valence electrons. The topological polar surface area (TPSA) is 53.6 Å². The lowest BCUT2D eigenvalue weighted by molar-refractivity contribution is 0.0707. The predicted molar refractivity (Wildman–Crippen MR) is 85.5 cm³/mol. The second-order valence-corrected chi connectivity index (χ2v) is 5.56. The summed E-state index contributed by atoms with van der Waals surface area (Å²) in [5, 5.41) is 2.83. The largest absolute Gasteiger partial charge is 0.446 e. The highest BCUT2D eigenvalue weighted by atomic mass is 127. The smallest absolute Gasteiger partial charge is 0.407 e. The lowest BCUT2D eigenvalue weighted by atomic mass is 9.94. The van der Waals surface area contributed by atoms with Crippen molar-refractivity contribution in [1.29, 1.82) is 0 Å². The number of nitrogens with zero attached hydrogens (tertiary/aromatic N) is 1. The van der Waals surface area contributed by atoms with Gasteiger partial charge >= 0.3 is 6.09 Å². The third-order valence-electron chi connectivity index (χ3n) is 3.69. The van der Waals surface area contributed by atoms with Crippen LogP contribution in [0.2, 0.25) is 0 Å². The number of alkyl carbamates (subject to hydrolysis) is 1. The Hall–Kier alpha value is -0.0800. The van der Waals surface area contributed by atoms with E-state index in [-0.39, 0.29) is 12.2 Å². The van der Waals surface area contributed by atoms with Crippen molar-refractivity contribution in [2.75, 3.05) is 26.2 Å². The maximum atomic E-state index is 11.7. The van der Waals surface area contributed by atoms with Crippen molar-refractivity contribution in [2.24, 2.45) is 0 Å². The van der Waals surface area contributed by atoms with Crippen LogP contribution in [0.3, 0.4) is 0 Å². The summed E-state index contributed by atoms with van der Waals surface area (Å²) >= 11 is 2.20. The summed E-state index contributed by atoms with van der Waals surface area (Å²) < 4.78 is 8.68. The molecule has 6 heteroatoms. The monoisotopic (exact) mass is 383 g/mol. The van der Waals surface area contributed by atoms with E-state index in [0.717, 1.165) is 45.3 Å². The molecular formula is C13H26IN3O2. The lowest BCUT2D eigenvalue weighted by Gasteiger charge is -2.27. The Labute approximate surface area is 130 Å². The van der Waals surface area contributed by atoms with Gasteiger partial charge in [0.25, 0.3) is 0 Å². The zero-order valence-electron chi connectivity index (χ0n) is 12.0. The Morgan fingerprint density at radius 1 is 1.26 bits per heavy atom. The molecule has 0 unspecified atom stereocenters. The number of hydrogen-bond acceptors (Lipinski definition) is 4. The van der Waals surface area contributed by atoms with E-state index in [1.54, 1.807) is 0 Å². The Morgan fingerprint density at radius 2 is 1.89 bits per heavy atom. The zero-order valence-corrected chi connectivity index (χ0v) is 14.1. The molecule has 0 saturated heterocycles. The predicted octanol–water partition coefficient (Wildman–Crippen LogP) is 2.31. The molecule has 0 radical (unpaired) electrons. The first-order valence-corrected chi connectivity index (χ1v) is 8.30. The molecule has 2 N–H and O–H groups in total. The standard InChI is InChI=1S/C13H26IN3O2/c1-3-17(4-2)10-9-15-13(18)19-12-7-5-11(16-14)6-8-12/h11-12,16H,3-10H2,1-2H3,(H,15,18)/t11-,12-. The van der Waals surface area contributed by atoms with Crippen LogP contribution in [0.25, 0.3) is 0 Å². The van der Waals surface area contributed by atoms with Crippen LogP contribution < -0.4 is 8.85 Å². The van der Waals surface area contributed by atoms with Crippen LogP contribution in [0.15, 0.2) is 0 Å².